The fourth-order valence-corrected chi connectivity index (χ4v) is 2.20. The number of piperidine rings is 1. The predicted molar refractivity (Wildman–Crippen MR) is 72.0 cm³/mol. The van der Waals surface area contributed by atoms with E-state index in [4.69, 9.17) is 4.74 Å². The van der Waals surface area contributed by atoms with E-state index in [1.54, 1.807) is 7.11 Å². The Labute approximate surface area is 108 Å². The fourth-order valence-electron chi connectivity index (χ4n) is 2.20. The van der Waals surface area contributed by atoms with Gasteiger partial charge in [0.2, 0.25) is 5.91 Å². The Morgan fingerprint density at radius 3 is 2.94 bits per heavy atom. The van der Waals surface area contributed by atoms with Crippen molar-refractivity contribution >= 4 is 11.6 Å². The van der Waals surface area contributed by atoms with E-state index >= 15 is 0 Å². The second kappa shape index (κ2) is 5.87. The lowest BCUT2D eigenvalue weighted by molar-refractivity contribution is -0.118. The average molecular weight is 248 g/mol. The lowest BCUT2D eigenvalue weighted by Gasteiger charge is -2.23. The first kappa shape index (κ1) is 12.9. The number of rotatable bonds is 3. The summed E-state index contributed by atoms with van der Waals surface area (Å²) in [5, 5.41) is 6.17. The molecule has 1 aliphatic heterocycles. The van der Waals surface area contributed by atoms with E-state index in [2.05, 4.69) is 10.6 Å². The van der Waals surface area contributed by atoms with Gasteiger partial charge < -0.3 is 15.4 Å². The molecule has 0 aliphatic carbocycles. The molecular weight excluding hydrogens is 228 g/mol. The lowest BCUT2D eigenvalue weighted by Crippen LogP contribution is -2.43. The minimum absolute atomic E-state index is 0.0249. The maximum absolute atomic E-state index is 12.1. The maximum atomic E-state index is 12.1. The smallest absolute Gasteiger partial charge is 0.241 e. The van der Waals surface area contributed by atoms with Crippen molar-refractivity contribution in [2.45, 2.75) is 32.2 Å². The van der Waals surface area contributed by atoms with Gasteiger partial charge in [-0.3, -0.25) is 4.79 Å². The number of carbonyl (C=O) groups excluding carboxylic acids is 1. The van der Waals surface area contributed by atoms with E-state index in [9.17, 15) is 4.79 Å². The molecule has 2 rings (SSSR count). The Balaban J connectivity index is 2.06. The van der Waals surface area contributed by atoms with Crippen LogP contribution < -0.4 is 15.4 Å². The van der Waals surface area contributed by atoms with Gasteiger partial charge in [-0.05, 0) is 44.0 Å². The quantitative estimate of drug-likeness (QED) is 0.861. The minimum Gasteiger partial charge on any atom is -0.495 e. The van der Waals surface area contributed by atoms with Gasteiger partial charge >= 0.3 is 0 Å². The molecule has 1 atom stereocenters. The molecular formula is C14H20N2O2. The Kier molecular flexibility index (Phi) is 4.20. The number of carbonyl (C=O) groups is 1. The molecule has 1 aromatic carbocycles. The summed E-state index contributed by atoms with van der Waals surface area (Å²) in [6.07, 6.45) is 3.16. The first-order valence-corrected chi connectivity index (χ1v) is 6.39. The number of amides is 1. The fraction of sp³-hybridized carbons (Fsp3) is 0.500. The Morgan fingerprint density at radius 1 is 1.44 bits per heavy atom. The highest BCUT2D eigenvalue weighted by Gasteiger charge is 2.21. The Bertz CT molecular complexity index is 426. The van der Waals surface area contributed by atoms with Gasteiger partial charge in [0.1, 0.15) is 5.75 Å². The second-order valence-electron chi connectivity index (χ2n) is 4.70. The number of aryl methyl sites for hydroxylation is 1. The third-order valence-corrected chi connectivity index (χ3v) is 3.24. The Morgan fingerprint density at radius 2 is 2.28 bits per heavy atom. The van der Waals surface area contributed by atoms with Crippen LogP contribution in [0.4, 0.5) is 5.69 Å². The molecule has 2 N–H and O–H groups in total. The zero-order chi connectivity index (χ0) is 13.0. The molecule has 0 spiro atoms. The van der Waals surface area contributed by atoms with Crippen molar-refractivity contribution in [2.75, 3.05) is 19.0 Å². The molecule has 1 saturated heterocycles. The average Bonchev–Trinajstić information content (AvgIpc) is 2.41. The van der Waals surface area contributed by atoms with Crippen molar-refractivity contribution in [3.8, 4) is 5.75 Å². The summed E-state index contributed by atoms with van der Waals surface area (Å²) in [6.45, 7) is 2.92. The summed E-state index contributed by atoms with van der Waals surface area (Å²) >= 11 is 0. The van der Waals surface area contributed by atoms with Crippen LogP contribution in [0.25, 0.3) is 0 Å². The minimum atomic E-state index is -0.0789. The van der Waals surface area contributed by atoms with Crippen LogP contribution >= 0.6 is 0 Å². The number of methoxy groups -OCH3 is 1. The summed E-state index contributed by atoms with van der Waals surface area (Å²) in [7, 11) is 1.61. The molecule has 4 nitrogen and oxygen atoms in total. The van der Waals surface area contributed by atoms with Gasteiger partial charge in [0.15, 0.2) is 0 Å². The highest BCUT2D eigenvalue weighted by Crippen LogP contribution is 2.25. The van der Waals surface area contributed by atoms with E-state index in [1.165, 1.54) is 0 Å². The SMILES string of the molecule is COc1cc(C)ccc1NC(=O)[C@H]1CCCCN1. The molecule has 0 saturated carbocycles. The molecule has 0 unspecified atom stereocenters. The second-order valence-corrected chi connectivity index (χ2v) is 4.70. The predicted octanol–water partition coefficient (Wildman–Crippen LogP) is 2.08. The zero-order valence-electron chi connectivity index (χ0n) is 11.0. The van der Waals surface area contributed by atoms with Crippen LogP contribution in [-0.2, 0) is 4.79 Å². The van der Waals surface area contributed by atoms with Crippen molar-refractivity contribution in [1.29, 1.82) is 0 Å². The molecule has 1 amide bonds. The number of anilines is 1. The van der Waals surface area contributed by atoms with Gasteiger partial charge in [0.05, 0.1) is 18.8 Å². The van der Waals surface area contributed by atoms with Crippen LogP contribution in [0.5, 0.6) is 5.75 Å². The van der Waals surface area contributed by atoms with Crippen LogP contribution in [0, 0.1) is 6.92 Å². The summed E-state index contributed by atoms with van der Waals surface area (Å²) < 4.78 is 5.28. The van der Waals surface area contributed by atoms with Crippen LogP contribution in [0.3, 0.4) is 0 Å². The third-order valence-electron chi connectivity index (χ3n) is 3.24. The molecule has 0 aromatic heterocycles. The molecule has 1 fully saturated rings. The Hall–Kier alpha value is -1.55. The number of nitrogens with one attached hydrogen (secondary N) is 2. The molecule has 4 heteroatoms. The summed E-state index contributed by atoms with van der Waals surface area (Å²) in [5.41, 5.74) is 1.85. The summed E-state index contributed by atoms with van der Waals surface area (Å²) in [4.78, 5) is 12.1. The van der Waals surface area contributed by atoms with Crippen molar-refractivity contribution in [1.82, 2.24) is 5.32 Å². The monoisotopic (exact) mass is 248 g/mol. The third kappa shape index (κ3) is 3.01. The van der Waals surface area contributed by atoms with Gasteiger partial charge in [-0.1, -0.05) is 12.5 Å². The highest BCUT2D eigenvalue weighted by molar-refractivity contribution is 5.96. The molecule has 1 heterocycles. The van der Waals surface area contributed by atoms with E-state index in [1.807, 2.05) is 25.1 Å². The zero-order valence-corrected chi connectivity index (χ0v) is 11.0. The standard InChI is InChI=1S/C14H20N2O2/c1-10-6-7-11(13(9-10)18-2)16-14(17)12-5-3-4-8-15-12/h6-7,9,12,15H,3-5,8H2,1-2H3,(H,16,17)/t12-/m1/s1. The van der Waals surface area contributed by atoms with Gasteiger partial charge in [-0.2, -0.15) is 0 Å². The summed E-state index contributed by atoms with van der Waals surface area (Å²) in [6, 6.07) is 5.69. The maximum Gasteiger partial charge on any atom is 0.241 e. The van der Waals surface area contributed by atoms with Crippen molar-refractivity contribution < 1.29 is 9.53 Å². The number of hydrogen-bond acceptors (Lipinski definition) is 3. The van der Waals surface area contributed by atoms with Gasteiger partial charge in [0, 0.05) is 0 Å². The normalized spacial score (nSPS) is 19.3. The number of benzene rings is 1. The van der Waals surface area contributed by atoms with Crippen LogP contribution in [-0.4, -0.2) is 25.6 Å². The molecule has 98 valence electrons. The molecule has 1 aromatic rings. The molecule has 1 aliphatic rings. The van der Waals surface area contributed by atoms with Crippen molar-refractivity contribution in [3.63, 3.8) is 0 Å². The van der Waals surface area contributed by atoms with E-state index in [0.717, 1.165) is 37.1 Å². The molecule has 0 radical (unpaired) electrons. The van der Waals surface area contributed by atoms with Gasteiger partial charge in [-0.25, -0.2) is 0 Å². The largest absolute Gasteiger partial charge is 0.495 e. The first-order valence-electron chi connectivity index (χ1n) is 6.39. The van der Waals surface area contributed by atoms with Crippen molar-refractivity contribution in [3.05, 3.63) is 23.8 Å². The van der Waals surface area contributed by atoms with E-state index in [-0.39, 0.29) is 11.9 Å². The van der Waals surface area contributed by atoms with E-state index < -0.39 is 0 Å². The van der Waals surface area contributed by atoms with E-state index in [0.29, 0.717) is 5.75 Å². The van der Waals surface area contributed by atoms with Gasteiger partial charge in [-0.15, -0.1) is 0 Å². The molecule has 0 bridgehead atoms. The highest BCUT2D eigenvalue weighted by atomic mass is 16.5. The first-order chi connectivity index (χ1) is 8.70. The van der Waals surface area contributed by atoms with Gasteiger partial charge in [0.25, 0.3) is 0 Å². The van der Waals surface area contributed by atoms with Crippen molar-refractivity contribution in [2.24, 2.45) is 0 Å². The topological polar surface area (TPSA) is 50.4 Å². The number of ether oxygens (including phenoxy) is 1. The number of hydrogen-bond donors (Lipinski definition) is 2. The lowest BCUT2D eigenvalue weighted by atomic mass is 10.0. The van der Waals surface area contributed by atoms with Crippen LogP contribution in [0.2, 0.25) is 0 Å². The van der Waals surface area contributed by atoms with Crippen LogP contribution in [0.15, 0.2) is 18.2 Å². The summed E-state index contributed by atoms with van der Waals surface area (Å²) in [5.74, 6) is 0.732. The van der Waals surface area contributed by atoms with Crippen LogP contribution in [0.1, 0.15) is 24.8 Å². The molecule has 18 heavy (non-hydrogen) atoms.